The summed E-state index contributed by atoms with van der Waals surface area (Å²) in [5, 5.41) is 14.6. The van der Waals surface area contributed by atoms with Gasteiger partial charge in [0.15, 0.2) is 0 Å². The number of aromatic nitrogens is 2. The van der Waals surface area contributed by atoms with E-state index < -0.39 is 11.9 Å². The summed E-state index contributed by atoms with van der Waals surface area (Å²) in [6.45, 7) is 0. The summed E-state index contributed by atoms with van der Waals surface area (Å²) < 4.78 is 0. The summed E-state index contributed by atoms with van der Waals surface area (Å²) in [7, 11) is 0. The van der Waals surface area contributed by atoms with Crippen LogP contribution in [0.1, 0.15) is 17.0 Å². The molecule has 0 aliphatic heterocycles. The normalized spacial score (nSPS) is 11.9. The third kappa shape index (κ3) is 2.31. The van der Waals surface area contributed by atoms with Gasteiger partial charge >= 0.3 is 5.97 Å². The molecule has 0 radical (unpaired) electrons. The highest BCUT2D eigenvalue weighted by Crippen LogP contribution is 2.38. The van der Waals surface area contributed by atoms with E-state index in [2.05, 4.69) is 22.1 Å². The predicted molar refractivity (Wildman–Crippen MR) is 121 cm³/mol. The van der Waals surface area contributed by atoms with E-state index in [0.717, 1.165) is 54.7 Å². The molecule has 4 nitrogen and oxygen atoms in total. The molecule has 4 heteroatoms. The number of benzene rings is 4. The third-order valence-electron chi connectivity index (χ3n) is 6.02. The average molecular weight is 390 g/mol. The van der Waals surface area contributed by atoms with E-state index >= 15 is 0 Å². The Bertz CT molecular complexity index is 1480. The van der Waals surface area contributed by atoms with Crippen molar-refractivity contribution in [1.29, 1.82) is 0 Å². The lowest BCUT2D eigenvalue weighted by atomic mass is 9.88. The highest BCUT2D eigenvalue weighted by Gasteiger charge is 2.27. The van der Waals surface area contributed by atoms with Crippen LogP contribution in [-0.4, -0.2) is 21.0 Å². The van der Waals surface area contributed by atoms with Crippen LogP contribution in [-0.2, 0) is 4.79 Å². The number of aromatic amines is 2. The fraction of sp³-hybridized carbons (Fsp3) is 0.0385. The molecule has 0 fully saturated rings. The second kappa shape index (κ2) is 6.22. The minimum atomic E-state index is -0.868. The highest BCUT2D eigenvalue weighted by atomic mass is 16.4. The summed E-state index contributed by atoms with van der Waals surface area (Å²) >= 11 is 0. The number of hydrogen-bond acceptors (Lipinski definition) is 1. The Hall–Kier alpha value is -4.05. The molecule has 0 saturated carbocycles. The van der Waals surface area contributed by atoms with Crippen molar-refractivity contribution in [2.24, 2.45) is 0 Å². The Kier molecular flexibility index (Phi) is 3.50. The molecule has 6 rings (SSSR count). The van der Waals surface area contributed by atoms with Gasteiger partial charge in [-0.15, -0.1) is 0 Å². The number of carboxylic acid groups (broad SMARTS) is 1. The van der Waals surface area contributed by atoms with E-state index in [4.69, 9.17) is 0 Å². The first-order chi connectivity index (χ1) is 14.7. The van der Waals surface area contributed by atoms with Gasteiger partial charge in [0.25, 0.3) is 0 Å². The fourth-order valence-electron chi connectivity index (χ4n) is 4.71. The van der Waals surface area contributed by atoms with E-state index in [1.807, 2.05) is 72.8 Å². The lowest BCUT2D eigenvalue weighted by Crippen LogP contribution is -2.14. The van der Waals surface area contributed by atoms with E-state index in [1.165, 1.54) is 0 Å². The zero-order valence-electron chi connectivity index (χ0n) is 16.0. The summed E-state index contributed by atoms with van der Waals surface area (Å²) in [5.74, 6) is -1.66. The van der Waals surface area contributed by atoms with E-state index in [-0.39, 0.29) is 0 Å². The lowest BCUT2D eigenvalue weighted by Gasteiger charge is -2.15. The lowest BCUT2D eigenvalue weighted by molar-refractivity contribution is -0.137. The fourth-order valence-corrected chi connectivity index (χ4v) is 4.71. The van der Waals surface area contributed by atoms with Gasteiger partial charge in [0.2, 0.25) is 0 Å². The largest absolute Gasteiger partial charge is 0.481 e. The molecule has 0 saturated heterocycles. The Morgan fingerprint density at radius 3 is 1.50 bits per heavy atom. The Balaban J connectivity index is 1.67. The first-order valence-electron chi connectivity index (χ1n) is 9.94. The summed E-state index contributed by atoms with van der Waals surface area (Å²) in [6, 6.07) is 27.9. The second-order valence-electron chi connectivity index (χ2n) is 7.65. The van der Waals surface area contributed by atoms with Gasteiger partial charge in [-0.1, -0.05) is 72.8 Å². The van der Waals surface area contributed by atoms with Gasteiger partial charge in [0.05, 0.1) is 11.0 Å². The highest BCUT2D eigenvalue weighted by molar-refractivity contribution is 6.11. The number of nitrogens with one attached hydrogen (secondary N) is 2. The second-order valence-corrected chi connectivity index (χ2v) is 7.65. The summed E-state index contributed by atoms with van der Waals surface area (Å²) in [4.78, 5) is 19.5. The quantitative estimate of drug-likeness (QED) is 0.338. The molecule has 0 atom stereocenters. The molecule has 144 valence electrons. The topological polar surface area (TPSA) is 68.9 Å². The molecule has 6 aromatic rings. The molecule has 0 aliphatic carbocycles. The van der Waals surface area contributed by atoms with Crippen LogP contribution in [0.5, 0.6) is 0 Å². The molecule has 0 unspecified atom stereocenters. The van der Waals surface area contributed by atoms with Crippen molar-refractivity contribution in [3.8, 4) is 0 Å². The van der Waals surface area contributed by atoms with Crippen LogP contribution in [0.25, 0.3) is 43.6 Å². The molecular formula is C26H18N2O2. The van der Waals surface area contributed by atoms with Crippen LogP contribution in [0.15, 0.2) is 84.9 Å². The van der Waals surface area contributed by atoms with Gasteiger partial charge in [0.1, 0.15) is 5.92 Å². The number of rotatable bonds is 3. The van der Waals surface area contributed by atoms with Gasteiger partial charge in [-0.2, -0.15) is 0 Å². The molecule has 30 heavy (non-hydrogen) atoms. The maximum atomic E-state index is 12.6. The van der Waals surface area contributed by atoms with Gasteiger partial charge in [-0.05, 0) is 23.3 Å². The van der Waals surface area contributed by atoms with Crippen molar-refractivity contribution in [3.05, 3.63) is 96.1 Å². The zero-order chi connectivity index (χ0) is 20.2. The van der Waals surface area contributed by atoms with Crippen molar-refractivity contribution in [3.63, 3.8) is 0 Å². The maximum Gasteiger partial charge on any atom is 0.315 e. The van der Waals surface area contributed by atoms with Gasteiger partial charge in [-0.3, -0.25) is 4.79 Å². The molecule has 3 N–H and O–H groups in total. The number of carboxylic acids is 1. The number of aliphatic carboxylic acids is 1. The molecule has 0 amide bonds. The first kappa shape index (κ1) is 16.9. The summed E-state index contributed by atoms with van der Waals surface area (Å²) in [5.41, 5.74) is 5.30. The van der Waals surface area contributed by atoms with Crippen LogP contribution < -0.4 is 0 Å². The van der Waals surface area contributed by atoms with E-state index in [0.29, 0.717) is 0 Å². The monoisotopic (exact) mass is 390 g/mol. The third-order valence-corrected chi connectivity index (χ3v) is 6.02. The molecular weight excluding hydrogens is 372 g/mol. The molecule has 0 aliphatic rings. The Morgan fingerprint density at radius 1 is 0.600 bits per heavy atom. The summed E-state index contributed by atoms with van der Waals surface area (Å²) in [6.07, 6.45) is 0. The van der Waals surface area contributed by atoms with Crippen molar-refractivity contribution in [2.75, 3.05) is 0 Å². The first-order valence-corrected chi connectivity index (χ1v) is 9.94. The average Bonchev–Trinajstić information content (AvgIpc) is 3.33. The standard InChI is InChI=1S/C26H18N2O2/c29-26(30)23(19-11-5-9-17-15-7-1-3-13-21(15)27-24(17)19)20-12-6-10-18-16-8-2-4-14-22(16)28-25(18)20/h1-14,23,27-28H,(H,29,30). The minimum absolute atomic E-state index is 0.766. The number of fused-ring (bicyclic) bond motifs is 6. The van der Waals surface area contributed by atoms with Gasteiger partial charge in [0, 0.05) is 32.6 Å². The van der Waals surface area contributed by atoms with Crippen molar-refractivity contribution in [2.45, 2.75) is 5.92 Å². The van der Waals surface area contributed by atoms with Gasteiger partial charge < -0.3 is 15.1 Å². The van der Waals surface area contributed by atoms with Crippen molar-refractivity contribution >= 4 is 49.6 Å². The zero-order valence-corrected chi connectivity index (χ0v) is 16.0. The van der Waals surface area contributed by atoms with Gasteiger partial charge in [-0.25, -0.2) is 0 Å². The van der Waals surface area contributed by atoms with Crippen molar-refractivity contribution in [1.82, 2.24) is 9.97 Å². The SMILES string of the molecule is O=C(O)C(c1cccc2c1[nH]c1ccccc12)c1cccc2c1[nH]c1ccccc12. The maximum absolute atomic E-state index is 12.6. The van der Waals surface area contributed by atoms with Crippen LogP contribution >= 0.6 is 0 Å². The predicted octanol–water partition coefficient (Wildman–Crippen LogP) is 6.17. The van der Waals surface area contributed by atoms with E-state index in [1.54, 1.807) is 0 Å². The molecule has 2 aromatic heterocycles. The molecule has 0 spiro atoms. The smallest absolute Gasteiger partial charge is 0.315 e. The van der Waals surface area contributed by atoms with E-state index in [9.17, 15) is 9.90 Å². The van der Waals surface area contributed by atoms with Crippen molar-refractivity contribution < 1.29 is 9.90 Å². The van der Waals surface area contributed by atoms with Crippen LogP contribution in [0, 0.1) is 0 Å². The number of hydrogen-bond donors (Lipinski definition) is 3. The molecule has 4 aromatic carbocycles. The molecule has 0 bridgehead atoms. The Morgan fingerprint density at radius 2 is 1.03 bits per heavy atom. The molecule has 2 heterocycles. The van der Waals surface area contributed by atoms with Crippen LogP contribution in [0.2, 0.25) is 0 Å². The number of H-pyrrole nitrogens is 2. The number of carbonyl (C=O) groups is 1. The van der Waals surface area contributed by atoms with Crippen LogP contribution in [0.4, 0.5) is 0 Å². The van der Waals surface area contributed by atoms with Crippen LogP contribution in [0.3, 0.4) is 0 Å². The number of para-hydroxylation sites is 4. The Labute approximate surface area is 171 Å². The minimum Gasteiger partial charge on any atom is -0.481 e.